The Bertz CT molecular complexity index is 705. The summed E-state index contributed by atoms with van der Waals surface area (Å²) in [5.74, 6) is -0.176. The van der Waals surface area contributed by atoms with Gasteiger partial charge in [-0.05, 0) is 30.4 Å². The van der Waals surface area contributed by atoms with E-state index in [1.807, 2.05) is 18.2 Å². The van der Waals surface area contributed by atoms with Crippen molar-refractivity contribution in [1.82, 2.24) is 5.32 Å². The minimum Gasteiger partial charge on any atom is -0.366 e. The van der Waals surface area contributed by atoms with Crippen LogP contribution in [0.5, 0.6) is 0 Å². The first-order valence-corrected chi connectivity index (χ1v) is 9.27. The summed E-state index contributed by atoms with van der Waals surface area (Å²) < 4.78 is 0. The number of benzene rings is 1. The van der Waals surface area contributed by atoms with Crippen molar-refractivity contribution in [3.63, 3.8) is 0 Å². The molecule has 1 aliphatic rings. The molecule has 24 heavy (non-hydrogen) atoms. The van der Waals surface area contributed by atoms with Crippen molar-refractivity contribution >= 4 is 23.2 Å². The lowest BCUT2D eigenvalue weighted by Crippen LogP contribution is -2.34. The molecule has 0 bridgehead atoms. The molecule has 1 aliphatic carbocycles. The first-order valence-electron chi connectivity index (χ1n) is 8.39. The molecule has 5 heteroatoms. The van der Waals surface area contributed by atoms with Gasteiger partial charge >= 0.3 is 0 Å². The molecule has 1 saturated carbocycles. The molecule has 0 radical (unpaired) electrons. The fraction of sp³-hybridized carbons (Fsp3) is 0.368. The van der Waals surface area contributed by atoms with Gasteiger partial charge in [-0.1, -0.05) is 49.6 Å². The molecule has 4 nitrogen and oxygen atoms in total. The summed E-state index contributed by atoms with van der Waals surface area (Å²) in [5, 5.41) is 4.83. The Labute approximate surface area is 146 Å². The lowest BCUT2D eigenvalue weighted by Gasteiger charge is -2.31. The molecule has 0 saturated heterocycles. The summed E-state index contributed by atoms with van der Waals surface area (Å²) in [6.07, 6.45) is 5.98. The van der Waals surface area contributed by atoms with Gasteiger partial charge in [0.2, 0.25) is 5.91 Å². The minimum atomic E-state index is -0.503. The fourth-order valence-corrected chi connectivity index (χ4v) is 4.20. The zero-order valence-corrected chi connectivity index (χ0v) is 14.4. The van der Waals surface area contributed by atoms with Gasteiger partial charge in [0.05, 0.1) is 16.5 Å². The summed E-state index contributed by atoms with van der Waals surface area (Å²) in [7, 11) is 0. The number of thiophene rings is 1. The van der Waals surface area contributed by atoms with E-state index in [1.54, 1.807) is 11.4 Å². The summed E-state index contributed by atoms with van der Waals surface area (Å²) in [6.45, 7) is 0. The predicted molar refractivity (Wildman–Crippen MR) is 96.1 cm³/mol. The molecular formula is C19H22N2O2S. The molecule has 1 heterocycles. The Kier molecular flexibility index (Phi) is 5.30. The van der Waals surface area contributed by atoms with Crippen molar-refractivity contribution in [1.29, 1.82) is 0 Å². The molecule has 0 spiro atoms. The highest BCUT2D eigenvalue weighted by atomic mass is 32.1. The number of rotatable bonds is 5. The van der Waals surface area contributed by atoms with Crippen LogP contribution in [0.3, 0.4) is 0 Å². The Morgan fingerprint density at radius 2 is 1.83 bits per heavy atom. The SMILES string of the molecule is NC(=O)c1csc(C(=O)NC(c2ccccc2)C2CCCCC2)c1. The second-order valence-electron chi connectivity index (χ2n) is 6.32. The fourth-order valence-electron chi connectivity index (χ4n) is 3.40. The van der Waals surface area contributed by atoms with Crippen molar-refractivity contribution in [3.8, 4) is 0 Å². The highest BCUT2D eigenvalue weighted by molar-refractivity contribution is 7.12. The van der Waals surface area contributed by atoms with Crippen molar-refractivity contribution in [2.45, 2.75) is 38.1 Å². The van der Waals surface area contributed by atoms with Crippen LogP contribution in [-0.2, 0) is 0 Å². The summed E-state index contributed by atoms with van der Waals surface area (Å²) in [6, 6.07) is 11.7. The lowest BCUT2D eigenvalue weighted by molar-refractivity contribution is 0.0916. The van der Waals surface area contributed by atoms with E-state index < -0.39 is 5.91 Å². The van der Waals surface area contributed by atoms with Gasteiger partial charge in [0.25, 0.3) is 5.91 Å². The molecule has 1 atom stereocenters. The van der Waals surface area contributed by atoms with Gasteiger partial charge in [-0.25, -0.2) is 0 Å². The van der Waals surface area contributed by atoms with Crippen LogP contribution in [0.2, 0.25) is 0 Å². The van der Waals surface area contributed by atoms with Gasteiger partial charge in [0.1, 0.15) is 0 Å². The molecule has 2 aromatic rings. The van der Waals surface area contributed by atoms with Crippen LogP contribution >= 0.6 is 11.3 Å². The van der Waals surface area contributed by atoms with Gasteiger partial charge in [0.15, 0.2) is 0 Å². The smallest absolute Gasteiger partial charge is 0.261 e. The van der Waals surface area contributed by atoms with Crippen molar-refractivity contribution < 1.29 is 9.59 Å². The monoisotopic (exact) mass is 342 g/mol. The van der Waals surface area contributed by atoms with Gasteiger partial charge in [-0.3, -0.25) is 9.59 Å². The first-order chi connectivity index (χ1) is 11.6. The predicted octanol–water partition coefficient (Wildman–Crippen LogP) is 3.90. The van der Waals surface area contributed by atoms with Gasteiger partial charge in [-0.15, -0.1) is 11.3 Å². The topological polar surface area (TPSA) is 72.2 Å². The molecule has 126 valence electrons. The minimum absolute atomic E-state index is 0.0122. The van der Waals surface area contributed by atoms with Gasteiger partial charge in [0, 0.05) is 5.38 Å². The number of primary amides is 1. The quantitative estimate of drug-likeness (QED) is 0.865. The average Bonchev–Trinajstić information content (AvgIpc) is 3.11. The van der Waals surface area contributed by atoms with E-state index in [0.717, 1.165) is 18.4 Å². The number of hydrogen-bond acceptors (Lipinski definition) is 3. The van der Waals surface area contributed by atoms with E-state index in [4.69, 9.17) is 5.73 Å². The summed E-state index contributed by atoms with van der Waals surface area (Å²) >= 11 is 1.26. The van der Waals surface area contributed by atoms with Crippen LogP contribution < -0.4 is 11.1 Å². The molecule has 3 N–H and O–H groups in total. The highest BCUT2D eigenvalue weighted by Crippen LogP contribution is 2.34. The molecule has 1 unspecified atom stereocenters. The van der Waals surface area contributed by atoms with Crippen LogP contribution in [0.25, 0.3) is 0 Å². The third kappa shape index (κ3) is 3.85. The molecule has 2 amide bonds. The normalized spacial score (nSPS) is 16.5. The largest absolute Gasteiger partial charge is 0.366 e. The Morgan fingerprint density at radius 1 is 1.12 bits per heavy atom. The zero-order chi connectivity index (χ0) is 16.9. The Morgan fingerprint density at radius 3 is 2.46 bits per heavy atom. The zero-order valence-electron chi connectivity index (χ0n) is 13.5. The molecule has 0 aliphatic heterocycles. The number of carbonyl (C=O) groups excluding carboxylic acids is 2. The maximum atomic E-state index is 12.7. The van der Waals surface area contributed by atoms with Crippen LogP contribution in [0.15, 0.2) is 41.8 Å². The Hall–Kier alpha value is -2.14. The van der Waals surface area contributed by atoms with E-state index in [0.29, 0.717) is 16.4 Å². The van der Waals surface area contributed by atoms with E-state index in [2.05, 4.69) is 17.4 Å². The third-order valence-corrected chi connectivity index (χ3v) is 5.60. The van der Waals surface area contributed by atoms with Crippen LogP contribution in [-0.4, -0.2) is 11.8 Å². The molecule has 1 aromatic carbocycles. The lowest BCUT2D eigenvalue weighted by atomic mass is 9.81. The summed E-state index contributed by atoms with van der Waals surface area (Å²) in [5.41, 5.74) is 6.80. The third-order valence-electron chi connectivity index (χ3n) is 4.67. The number of amides is 2. The van der Waals surface area contributed by atoms with Gasteiger partial charge in [-0.2, -0.15) is 0 Å². The molecule has 1 fully saturated rings. The maximum absolute atomic E-state index is 12.7. The van der Waals surface area contributed by atoms with E-state index in [9.17, 15) is 9.59 Å². The molecule has 1 aromatic heterocycles. The molecule has 3 rings (SSSR count). The van der Waals surface area contributed by atoms with Crippen molar-refractivity contribution in [2.24, 2.45) is 11.7 Å². The van der Waals surface area contributed by atoms with Crippen LogP contribution in [0.4, 0.5) is 0 Å². The van der Waals surface area contributed by atoms with E-state index in [-0.39, 0.29) is 11.9 Å². The summed E-state index contributed by atoms with van der Waals surface area (Å²) in [4.78, 5) is 24.4. The first kappa shape index (κ1) is 16.7. The number of nitrogens with one attached hydrogen (secondary N) is 1. The Balaban J connectivity index is 1.80. The number of hydrogen-bond donors (Lipinski definition) is 2. The van der Waals surface area contributed by atoms with Crippen molar-refractivity contribution in [3.05, 3.63) is 57.8 Å². The number of carbonyl (C=O) groups is 2. The maximum Gasteiger partial charge on any atom is 0.261 e. The van der Waals surface area contributed by atoms with Crippen LogP contribution in [0.1, 0.15) is 63.7 Å². The second-order valence-corrected chi connectivity index (χ2v) is 7.24. The van der Waals surface area contributed by atoms with Crippen LogP contribution in [0, 0.1) is 5.92 Å². The second kappa shape index (κ2) is 7.62. The average molecular weight is 342 g/mol. The van der Waals surface area contributed by atoms with Gasteiger partial charge < -0.3 is 11.1 Å². The number of nitrogens with two attached hydrogens (primary N) is 1. The van der Waals surface area contributed by atoms with Crippen molar-refractivity contribution in [2.75, 3.05) is 0 Å². The standard InChI is InChI=1S/C19H22N2O2S/c20-18(22)15-11-16(24-12-15)19(23)21-17(13-7-3-1-4-8-13)14-9-5-2-6-10-14/h1,3-4,7-8,11-12,14,17H,2,5-6,9-10H2,(H2,20,22)(H,21,23). The van der Waals surface area contributed by atoms with E-state index >= 15 is 0 Å². The highest BCUT2D eigenvalue weighted by Gasteiger charge is 2.27. The van der Waals surface area contributed by atoms with E-state index in [1.165, 1.54) is 30.6 Å². The molecular weight excluding hydrogens is 320 g/mol.